The minimum Gasteiger partial charge on any atom is -0.494 e. The summed E-state index contributed by atoms with van der Waals surface area (Å²) in [4.78, 5) is 14.1. The normalized spacial score (nSPS) is 10.7. The molecule has 0 bridgehead atoms. The average molecular weight is 426 g/mol. The Morgan fingerprint density at radius 2 is 1.68 bits per heavy atom. The lowest BCUT2D eigenvalue weighted by Gasteiger charge is -2.17. The molecule has 3 rings (SSSR count). The van der Waals surface area contributed by atoms with Crippen molar-refractivity contribution in [1.82, 2.24) is 10.1 Å². The minimum absolute atomic E-state index is 0.0335. The van der Waals surface area contributed by atoms with Gasteiger partial charge in [0.1, 0.15) is 29.7 Å². The van der Waals surface area contributed by atoms with E-state index in [4.69, 9.17) is 14.0 Å². The highest BCUT2D eigenvalue weighted by Crippen LogP contribution is 2.18. The van der Waals surface area contributed by atoms with E-state index in [0.29, 0.717) is 38.3 Å². The minimum atomic E-state index is -0.294. The molecule has 1 heterocycles. The highest BCUT2D eigenvalue weighted by Gasteiger charge is 2.11. The van der Waals surface area contributed by atoms with Crippen LogP contribution in [-0.2, 0) is 17.8 Å². The summed E-state index contributed by atoms with van der Waals surface area (Å²) in [5.41, 5.74) is 2.69. The fraction of sp³-hybridized carbons (Fsp3) is 0.333. The molecule has 2 aromatic carbocycles. The molecule has 0 saturated carbocycles. The highest BCUT2D eigenvalue weighted by molar-refractivity contribution is 5.78. The first-order chi connectivity index (χ1) is 14.9. The van der Waals surface area contributed by atoms with Crippen LogP contribution in [0.5, 0.6) is 11.5 Å². The monoisotopic (exact) mass is 426 g/mol. The molecule has 6 nitrogen and oxygen atoms in total. The molecule has 0 radical (unpaired) electrons. The Labute approximate surface area is 181 Å². The molecule has 31 heavy (non-hydrogen) atoms. The molecule has 0 unspecified atom stereocenters. The van der Waals surface area contributed by atoms with Crippen molar-refractivity contribution >= 4 is 5.91 Å². The fourth-order valence-corrected chi connectivity index (χ4v) is 3.02. The van der Waals surface area contributed by atoms with Crippen LogP contribution < -0.4 is 9.47 Å². The summed E-state index contributed by atoms with van der Waals surface area (Å²) in [6, 6.07) is 13.4. The molecule has 0 aliphatic heterocycles. The van der Waals surface area contributed by atoms with E-state index in [2.05, 4.69) is 5.16 Å². The Hall–Kier alpha value is -3.35. The number of aromatic nitrogens is 1. The SMILES string of the molecule is Cc1noc(C)c1COc1ccc(CC(=O)N(C)CCCOc2ccc(F)cc2)cc1. The molecule has 0 saturated heterocycles. The zero-order valence-corrected chi connectivity index (χ0v) is 18.1. The molecule has 7 heteroatoms. The molecular formula is C24H27FN2O4. The summed E-state index contributed by atoms with van der Waals surface area (Å²) in [5.74, 6) is 1.84. The van der Waals surface area contributed by atoms with E-state index in [-0.39, 0.29) is 11.7 Å². The number of ether oxygens (including phenoxy) is 2. The number of hydrogen-bond acceptors (Lipinski definition) is 5. The van der Waals surface area contributed by atoms with Crippen molar-refractivity contribution in [3.05, 3.63) is 76.9 Å². The van der Waals surface area contributed by atoms with Gasteiger partial charge < -0.3 is 18.9 Å². The van der Waals surface area contributed by atoms with Gasteiger partial charge in [-0.1, -0.05) is 17.3 Å². The first-order valence-corrected chi connectivity index (χ1v) is 10.2. The number of nitrogens with zero attached hydrogens (tertiary/aromatic N) is 2. The van der Waals surface area contributed by atoms with Gasteiger partial charge in [-0.3, -0.25) is 4.79 Å². The van der Waals surface area contributed by atoms with Crippen molar-refractivity contribution in [1.29, 1.82) is 0 Å². The predicted octanol–water partition coefficient (Wildman–Crippen LogP) is 4.48. The first kappa shape index (κ1) is 22.3. The number of halogens is 1. The van der Waals surface area contributed by atoms with Crippen LogP contribution in [-0.4, -0.2) is 36.2 Å². The number of carbonyl (C=O) groups excluding carboxylic acids is 1. The molecule has 0 aliphatic rings. The van der Waals surface area contributed by atoms with Crippen LogP contribution in [0.1, 0.15) is 29.0 Å². The Kier molecular flexibility index (Phi) is 7.65. The summed E-state index contributed by atoms with van der Waals surface area (Å²) in [6.45, 7) is 5.18. The third kappa shape index (κ3) is 6.57. The van der Waals surface area contributed by atoms with Crippen molar-refractivity contribution < 1.29 is 23.2 Å². The number of benzene rings is 2. The number of carbonyl (C=O) groups is 1. The molecule has 1 amide bonds. The number of rotatable bonds is 10. The fourth-order valence-electron chi connectivity index (χ4n) is 3.02. The summed E-state index contributed by atoms with van der Waals surface area (Å²) in [6.07, 6.45) is 1.01. The smallest absolute Gasteiger partial charge is 0.226 e. The first-order valence-electron chi connectivity index (χ1n) is 10.2. The summed E-state index contributed by atoms with van der Waals surface area (Å²) in [5, 5.41) is 3.92. The molecular weight excluding hydrogens is 399 g/mol. The Morgan fingerprint density at radius 3 is 2.32 bits per heavy atom. The molecule has 3 aromatic rings. The topological polar surface area (TPSA) is 64.8 Å². The van der Waals surface area contributed by atoms with Crippen molar-refractivity contribution in [2.75, 3.05) is 20.2 Å². The summed E-state index contributed by atoms with van der Waals surface area (Å²) < 4.78 is 29.4. The van der Waals surface area contributed by atoms with Gasteiger partial charge >= 0.3 is 0 Å². The largest absolute Gasteiger partial charge is 0.494 e. The van der Waals surface area contributed by atoms with Crippen LogP contribution in [0.3, 0.4) is 0 Å². The van der Waals surface area contributed by atoms with E-state index in [1.165, 1.54) is 12.1 Å². The molecule has 1 aromatic heterocycles. The van der Waals surface area contributed by atoms with Crippen molar-refractivity contribution in [2.24, 2.45) is 0 Å². The van der Waals surface area contributed by atoms with Crippen LogP contribution in [0.4, 0.5) is 4.39 Å². The zero-order chi connectivity index (χ0) is 22.2. The molecule has 164 valence electrons. The van der Waals surface area contributed by atoms with Gasteiger partial charge in [0.15, 0.2) is 0 Å². The predicted molar refractivity (Wildman–Crippen MR) is 115 cm³/mol. The lowest BCUT2D eigenvalue weighted by atomic mass is 10.1. The molecule has 0 fully saturated rings. The van der Waals surface area contributed by atoms with Gasteiger partial charge in [-0.2, -0.15) is 0 Å². The van der Waals surface area contributed by atoms with Gasteiger partial charge in [-0.15, -0.1) is 0 Å². The van der Waals surface area contributed by atoms with E-state index in [1.54, 1.807) is 24.1 Å². The summed E-state index contributed by atoms with van der Waals surface area (Å²) in [7, 11) is 1.78. The molecule has 0 atom stereocenters. The van der Waals surface area contributed by atoms with E-state index in [1.807, 2.05) is 38.1 Å². The van der Waals surface area contributed by atoms with Gasteiger partial charge in [0.05, 0.1) is 24.3 Å². The average Bonchev–Trinajstić information content (AvgIpc) is 3.09. The lowest BCUT2D eigenvalue weighted by Crippen LogP contribution is -2.30. The Balaban J connectivity index is 1.39. The van der Waals surface area contributed by atoms with Crippen molar-refractivity contribution in [3.63, 3.8) is 0 Å². The molecule has 0 aliphatic carbocycles. The standard InChI is InChI=1S/C24H27FN2O4/c1-17-23(18(2)31-26-17)16-30-22-9-5-19(6-10-22)15-24(28)27(3)13-4-14-29-21-11-7-20(25)8-12-21/h5-12H,4,13-16H2,1-3H3. The zero-order valence-electron chi connectivity index (χ0n) is 18.1. The number of aryl methyl sites for hydroxylation is 2. The quantitative estimate of drug-likeness (QED) is 0.447. The van der Waals surface area contributed by atoms with Crippen LogP contribution in [0.15, 0.2) is 53.1 Å². The number of hydrogen-bond donors (Lipinski definition) is 0. The van der Waals surface area contributed by atoms with Crippen LogP contribution in [0.2, 0.25) is 0 Å². The van der Waals surface area contributed by atoms with E-state index in [9.17, 15) is 9.18 Å². The third-order valence-electron chi connectivity index (χ3n) is 4.99. The second-order valence-electron chi connectivity index (χ2n) is 7.38. The van der Waals surface area contributed by atoms with E-state index in [0.717, 1.165) is 28.3 Å². The maximum Gasteiger partial charge on any atom is 0.226 e. The second kappa shape index (κ2) is 10.6. The van der Waals surface area contributed by atoms with E-state index >= 15 is 0 Å². The van der Waals surface area contributed by atoms with Crippen LogP contribution >= 0.6 is 0 Å². The van der Waals surface area contributed by atoms with Crippen LogP contribution in [0.25, 0.3) is 0 Å². The summed E-state index contributed by atoms with van der Waals surface area (Å²) >= 11 is 0. The highest BCUT2D eigenvalue weighted by atomic mass is 19.1. The molecule has 0 spiro atoms. The van der Waals surface area contributed by atoms with Crippen LogP contribution in [0, 0.1) is 19.7 Å². The maximum atomic E-state index is 12.9. The van der Waals surface area contributed by atoms with E-state index < -0.39 is 0 Å². The third-order valence-corrected chi connectivity index (χ3v) is 4.99. The molecule has 0 N–H and O–H groups in total. The van der Waals surface area contributed by atoms with Gasteiger partial charge in [0.2, 0.25) is 5.91 Å². The Bertz CT molecular complexity index is 964. The van der Waals surface area contributed by atoms with Crippen molar-refractivity contribution in [3.8, 4) is 11.5 Å². The second-order valence-corrected chi connectivity index (χ2v) is 7.38. The lowest BCUT2D eigenvalue weighted by molar-refractivity contribution is -0.129. The maximum absolute atomic E-state index is 12.9. The van der Waals surface area contributed by atoms with Gasteiger partial charge in [0, 0.05) is 13.6 Å². The Morgan fingerprint density at radius 1 is 1.03 bits per heavy atom. The number of amides is 1. The van der Waals surface area contributed by atoms with Gasteiger partial charge in [-0.25, -0.2) is 4.39 Å². The van der Waals surface area contributed by atoms with Crippen molar-refractivity contribution in [2.45, 2.75) is 33.3 Å². The van der Waals surface area contributed by atoms with Gasteiger partial charge in [0.25, 0.3) is 0 Å². The van der Waals surface area contributed by atoms with Gasteiger partial charge in [-0.05, 0) is 62.2 Å². The number of likely N-dealkylation sites (N-methyl/N-ethyl adjacent to an activating group) is 1.